The first-order valence-corrected chi connectivity index (χ1v) is 16.0. The standard InChI is InChI=1S/C30H40BrF3N6O9/c1-17(15-31)28(47)49-13-6-4-5-9-23(41)37-16-24(42)39-22(8-7-12-36-29(35)48)25(43)38-19-10-11-20(21(14-19)30(32,33)34)26(44)40(3)18(2)27(45)46/h10-11,14,18,22H,1,4-9,12-13,15-16H2,2-3H3,(H,37,41)(H,38,43)(H,39,42)(H,45,46)(H3,35,36,48)/t18-,22?/m0/s1. The van der Waals surface area contributed by atoms with E-state index in [0.717, 1.165) is 26.1 Å². The number of esters is 1. The van der Waals surface area contributed by atoms with E-state index in [0.29, 0.717) is 30.2 Å². The Morgan fingerprint density at radius 1 is 1.04 bits per heavy atom. The number of benzene rings is 1. The highest BCUT2D eigenvalue weighted by Gasteiger charge is 2.37. The van der Waals surface area contributed by atoms with Crippen LogP contribution in [0.15, 0.2) is 30.4 Å². The number of unbranched alkanes of at least 4 members (excludes halogenated alkanes) is 2. The van der Waals surface area contributed by atoms with Crippen LogP contribution in [0, 0.1) is 0 Å². The second-order valence-corrected chi connectivity index (χ2v) is 11.3. The van der Waals surface area contributed by atoms with Crippen molar-refractivity contribution in [2.75, 3.05) is 37.4 Å². The Kier molecular flexibility index (Phi) is 17.8. The molecule has 0 aliphatic rings. The Bertz CT molecular complexity index is 1390. The van der Waals surface area contributed by atoms with Crippen molar-refractivity contribution in [3.8, 4) is 0 Å². The lowest BCUT2D eigenvalue weighted by Gasteiger charge is -2.24. The van der Waals surface area contributed by atoms with E-state index in [1.165, 1.54) is 0 Å². The highest BCUT2D eigenvalue weighted by molar-refractivity contribution is 9.09. The van der Waals surface area contributed by atoms with Gasteiger partial charge in [0.15, 0.2) is 0 Å². The number of rotatable bonds is 20. The minimum absolute atomic E-state index is 0.00744. The van der Waals surface area contributed by atoms with Gasteiger partial charge in [0.25, 0.3) is 5.91 Å². The average Bonchev–Trinajstić information content (AvgIpc) is 3.04. The monoisotopic (exact) mass is 764 g/mol. The molecule has 0 saturated carbocycles. The number of urea groups is 1. The number of hydrogen-bond donors (Lipinski definition) is 6. The molecule has 15 nitrogen and oxygen atoms in total. The Hall–Kier alpha value is -4.68. The predicted octanol–water partition coefficient (Wildman–Crippen LogP) is 2.29. The fourth-order valence-electron chi connectivity index (χ4n) is 3.99. The second-order valence-electron chi connectivity index (χ2n) is 10.7. The lowest BCUT2D eigenvalue weighted by molar-refractivity contribution is -0.141. The van der Waals surface area contributed by atoms with Gasteiger partial charge in [-0.2, -0.15) is 13.2 Å². The van der Waals surface area contributed by atoms with E-state index in [-0.39, 0.29) is 49.0 Å². The van der Waals surface area contributed by atoms with Crippen molar-refractivity contribution >= 4 is 63.2 Å². The SMILES string of the molecule is C=C(CBr)C(=O)OCCCCCC(=O)NCC(=O)NC(CCCNC(N)=O)C(=O)Nc1ccc(C(=O)N(C)[C@@H](C)C(=O)O)c(C(F)(F)F)c1. The Balaban J connectivity index is 2.89. The van der Waals surface area contributed by atoms with Gasteiger partial charge in [0.2, 0.25) is 17.7 Å². The number of aliphatic carboxylic acids is 1. The van der Waals surface area contributed by atoms with Crippen molar-refractivity contribution in [2.24, 2.45) is 5.73 Å². The van der Waals surface area contributed by atoms with Crippen molar-refractivity contribution in [1.82, 2.24) is 20.9 Å². The zero-order chi connectivity index (χ0) is 37.3. The number of carboxylic acid groups (broad SMARTS) is 1. The maximum absolute atomic E-state index is 13.9. The number of likely N-dealkylation sites (N-methyl/N-ethyl adjacent to an activating group) is 1. The third-order valence-corrected chi connectivity index (χ3v) is 7.56. The summed E-state index contributed by atoms with van der Waals surface area (Å²) in [5.41, 5.74) is 2.64. The molecule has 1 aromatic carbocycles. The second kappa shape index (κ2) is 20.6. The number of alkyl halides is 4. The molecule has 19 heteroatoms. The number of nitrogens with zero attached hydrogens (tertiary/aromatic N) is 1. The first-order chi connectivity index (χ1) is 22.9. The van der Waals surface area contributed by atoms with E-state index >= 15 is 0 Å². The Morgan fingerprint density at radius 2 is 1.71 bits per heavy atom. The van der Waals surface area contributed by atoms with E-state index in [2.05, 4.69) is 43.8 Å². The van der Waals surface area contributed by atoms with Gasteiger partial charge in [-0.25, -0.2) is 14.4 Å². The van der Waals surface area contributed by atoms with Crippen molar-refractivity contribution < 1.29 is 56.6 Å². The van der Waals surface area contributed by atoms with E-state index in [4.69, 9.17) is 15.6 Å². The van der Waals surface area contributed by atoms with Gasteiger partial charge >= 0.3 is 24.1 Å². The van der Waals surface area contributed by atoms with Gasteiger partial charge in [-0.05, 0) is 57.2 Å². The minimum Gasteiger partial charge on any atom is -0.480 e. The Morgan fingerprint density at radius 3 is 2.31 bits per heavy atom. The molecule has 7 N–H and O–H groups in total. The van der Waals surface area contributed by atoms with Crippen LogP contribution < -0.4 is 27.0 Å². The van der Waals surface area contributed by atoms with Crippen molar-refractivity contribution in [2.45, 2.75) is 63.7 Å². The fourth-order valence-corrected chi connectivity index (χ4v) is 4.22. The average molecular weight is 766 g/mol. The molecule has 0 aromatic heterocycles. The number of amides is 6. The van der Waals surface area contributed by atoms with Gasteiger partial charge < -0.3 is 41.7 Å². The van der Waals surface area contributed by atoms with E-state index < -0.39 is 77.5 Å². The Labute approximate surface area is 288 Å². The van der Waals surface area contributed by atoms with Gasteiger partial charge in [0.05, 0.1) is 24.3 Å². The molecule has 0 fully saturated rings. The molecule has 0 aliphatic carbocycles. The molecular weight excluding hydrogens is 725 g/mol. The van der Waals surface area contributed by atoms with E-state index in [9.17, 15) is 46.7 Å². The molecular formula is C30H40BrF3N6O9. The fraction of sp³-hybridized carbons (Fsp3) is 0.500. The number of halogens is 4. The molecule has 2 atom stereocenters. The number of carboxylic acids is 1. The highest BCUT2D eigenvalue weighted by atomic mass is 79.9. The lowest BCUT2D eigenvalue weighted by Crippen LogP contribution is -2.47. The first kappa shape index (κ1) is 42.3. The number of carbonyl (C=O) groups excluding carboxylic acids is 6. The smallest absolute Gasteiger partial charge is 0.417 e. The number of primary amides is 1. The van der Waals surface area contributed by atoms with Crippen molar-refractivity contribution in [3.63, 3.8) is 0 Å². The van der Waals surface area contributed by atoms with Crippen LogP contribution in [0.25, 0.3) is 0 Å². The number of hydrogen-bond acceptors (Lipinski definition) is 8. The maximum atomic E-state index is 13.9. The van der Waals surface area contributed by atoms with Gasteiger partial charge in [0.1, 0.15) is 12.1 Å². The minimum atomic E-state index is -5.07. The largest absolute Gasteiger partial charge is 0.480 e. The quantitative estimate of drug-likeness (QED) is 0.0495. The molecule has 0 aliphatic heterocycles. The van der Waals surface area contributed by atoms with Crippen LogP contribution in [-0.2, 0) is 34.9 Å². The van der Waals surface area contributed by atoms with Crippen LogP contribution >= 0.6 is 15.9 Å². The summed E-state index contributed by atoms with van der Waals surface area (Å²) >= 11 is 3.10. The zero-order valence-electron chi connectivity index (χ0n) is 26.9. The van der Waals surface area contributed by atoms with Gasteiger partial charge in [-0.3, -0.25) is 19.2 Å². The first-order valence-electron chi connectivity index (χ1n) is 14.9. The number of nitrogens with two attached hydrogens (primary N) is 1. The summed E-state index contributed by atoms with van der Waals surface area (Å²) in [5, 5.41) is 18.8. The molecule has 6 amide bonds. The summed E-state index contributed by atoms with van der Waals surface area (Å²) in [6, 6.07) is -1.30. The van der Waals surface area contributed by atoms with Gasteiger partial charge in [-0.1, -0.05) is 22.5 Å². The molecule has 1 aromatic rings. The molecule has 0 saturated heterocycles. The number of ether oxygens (including phenoxy) is 1. The molecule has 1 unspecified atom stereocenters. The third kappa shape index (κ3) is 15.4. The van der Waals surface area contributed by atoms with Crippen LogP contribution in [0.4, 0.5) is 23.7 Å². The molecule has 0 spiro atoms. The molecule has 1 rings (SSSR count). The van der Waals surface area contributed by atoms with Crippen LogP contribution in [-0.4, -0.2) is 95.8 Å². The highest BCUT2D eigenvalue weighted by Crippen LogP contribution is 2.34. The summed E-state index contributed by atoms with van der Waals surface area (Å²) in [6.07, 6.45) is -3.51. The summed E-state index contributed by atoms with van der Waals surface area (Å²) in [5.74, 6) is -5.37. The summed E-state index contributed by atoms with van der Waals surface area (Å²) in [7, 11) is 1.03. The predicted molar refractivity (Wildman–Crippen MR) is 173 cm³/mol. The van der Waals surface area contributed by atoms with Crippen LogP contribution in [0.2, 0.25) is 0 Å². The van der Waals surface area contributed by atoms with Crippen molar-refractivity contribution in [3.05, 3.63) is 41.5 Å². The van der Waals surface area contributed by atoms with Crippen LogP contribution in [0.1, 0.15) is 61.4 Å². The molecule has 0 radical (unpaired) electrons. The summed E-state index contributed by atoms with van der Waals surface area (Å²) in [4.78, 5) is 85.0. The normalized spacial score (nSPS) is 12.1. The van der Waals surface area contributed by atoms with Crippen molar-refractivity contribution in [1.29, 1.82) is 0 Å². The topological polar surface area (TPSA) is 226 Å². The number of carbonyl (C=O) groups is 7. The zero-order valence-corrected chi connectivity index (χ0v) is 28.5. The lowest BCUT2D eigenvalue weighted by atomic mass is 10.0. The molecule has 49 heavy (non-hydrogen) atoms. The van der Waals surface area contributed by atoms with E-state index in [1.807, 2.05) is 0 Å². The van der Waals surface area contributed by atoms with Gasteiger partial charge in [0, 0.05) is 36.6 Å². The third-order valence-electron chi connectivity index (χ3n) is 6.88. The maximum Gasteiger partial charge on any atom is 0.417 e. The number of anilines is 1. The van der Waals surface area contributed by atoms with Crippen LogP contribution in [0.3, 0.4) is 0 Å². The number of nitrogens with one attached hydrogen (secondary N) is 4. The van der Waals surface area contributed by atoms with E-state index in [1.54, 1.807) is 0 Å². The molecule has 0 bridgehead atoms. The summed E-state index contributed by atoms with van der Waals surface area (Å²) in [6.45, 7) is 4.29. The van der Waals surface area contributed by atoms with Crippen LogP contribution in [0.5, 0.6) is 0 Å². The summed E-state index contributed by atoms with van der Waals surface area (Å²) < 4.78 is 46.8. The molecule has 272 valence electrons. The molecule has 0 heterocycles. The van der Waals surface area contributed by atoms with Gasteiger partial charge in [-0.15, -0.1) is 0 Å².